The molecule has 10 aromatic rings. The first-order valence-corrected chi connectivity index (χ1v) is 27.5. The molecule has 434 valence electrons. The van der Waals surface area contributed by atoms with Crippen molar-refractivity contribution in [3.8, 4) is 84.4 Å². The van der Waals surface area contributed by atoms with Gasteiger partial charge < -0.3 is 25.5 Å². The highest BCUT2D eigenvalue weighted by Crippen LogP contribution is 2.25. The fraction of sp³-hybridized carbons (Fsp3) is 0.200. The molecule has 0 aromatic heterocycles. The fourth-order valence-corrected chi connectivity index (χ4v) is 6.48. The number of halogens is 3. The van der Waals surface area contributed by atoms with Crippen LogP contribution >= 0.6 is 47.8 Å². The summed E-state index contributed by atoms with van der Waals surface area (Å²) in [5.74, 6) is -1.43. The van der Waals surface area contributed by atoms with Gasteiger partial charge in [0.2, 0.25) is 0 Å². The van der Waals surface area contributed by atoms with Crippen molar-refractivity contribution in [2.75, 3.05) is 15.9 Å². The maximum atomic E-state index is 9.52. The molecule has 0 unspecified atom stereocenters. The van der Waals surface area contributed by atoms with E-state index in [4.69, 9.17) is 59.9 Å². The minimum Gasteiger partial charge on any atom is -0.508 e. The first kappa shape index (κ1) is 30.4. The average Bonchev–Trinajstić information content (AvgIpc) is 0.721. The number of benzene rings is 10. The predicted molar refractivity (Wildman–Crippen MR) is 368 cm³/mol. The highest BCUT2D eigenvalue weighted by atomic mass is 79.9. The van der Waals surface area contributed by atoms with Crippen LogP contribution in [0.5, 0.6) is 28.7 Å². The second-order valence-electron chi connectivity index (χ2n) is 15.5. The third-order valence-corrected chi connectivity index (χ3v) is 10.9. The Morgan fingerprint density at radius 2 is 0.675 bits per heavy atom. The third-order valence-electron chi connectivity index (χ3n) is 9.58. The highest BCUT2D eigenvalue weighted by molar-refractivity contribution is 9.09. The summed E-state index contributed by atoms with van der Waals surface area (Å²) in [5.41, 5.74) is 4.12. The van der Waals surface area contributed by atoms with Gasteiger partial charge in [-0.2, -0.15) is 0 Å². The Bertz CT molecular complexity index is 4950. The quantitative estimate of drug-likeness (QED) is 0.0552. The Hall–Kier alpha value is -7.36. The van der Waals surface area contributed by atoms with Crippen molar-refractivity contribution in [2.24, 2.45) is 0 Å². The van der Waals surface area contributed by atoms with Crippen molar-refractivity contribution >= 4 is 47.8 Å². The van der Waals surface area contributed by atoms with E-state index in [9.17, 15) is 20.4 Å². The normalized spacial score (nSPS) is 17.9. The van der Waals surface area contributed by atoms with Gasteiger partial charge in [-0.1, -0.05) is 319 Å². The van der Waals surface area contributed by atoms with Gasteiger partial charge >= 0.3 is 0 Å². The molecule has 0 aliphatic heterocycles. The van der Waals surface area contributed by atoms with Crippen molar-refractivity contribution in [2.45, 2.75) is 78.2 Å². The summed E-state index contributed by atoms with van der Waals surface area (Å²) in [6.45, 7) is -7.63. The summed E-state index contributed by atoms with van der Waals surface area (Å²) in [6.07, 6.45) is -9.79. The van der Waals surface area contributed by atoms with E-state index in [1.54, 1.807) is 60.7 Å². The average molecular weight is 1340 g/mol. The molecule has 5 N–H and O–H groups in total. The summed E-state index contributed by atoms with van der Waals surface area (Å²) >= 11 is 8.61. The summed E-state index contributed by atoms with van der Waals surface area (Å²) in [4.78, 5) is 0. The monoisotopic (exact) mass is 1340 g/mol. The molecule has 8 heteroatoms. The van der Waals surface area contributed by atoms with Gasteiger partial charge in [-0.3, -0.25) is 0 Å². The van der Waals surface area contributed by atoms with Gasteiger partial charge in [-0.25, -0.2) is 0 Å². The van der Waals surface area contributed by atoms with Crippen molar-refractivity contribution in [3.05, 3.63) is 272 Å². The van der Waals surface area contributed by atoms with Crippen LogP contribution in [0.3, 0.4) is 0 Å². The van der Waals surface area contributed by atoms with Gasteiger partial charge in [-0.15, -0.1) is 0 Å². The molecule has 0 fully saturated rings. The molecule has 10 rings (SSSR count). The molecule has 0 saturated heterocycles. The van der Waals surface area contributed by atoms with E-state index < -0.39 is 146 Å². The minimum atomic E-state index is -3.56. The van der Waals surface area contributed by atoms with E-state index in [2.05, 4.69) is 47.8 Å². The lowest BCUT2D eigenvalue weighted by atomic mass is 10.1. The molecule has 0 saturated carbocycles. The Morgan fingerprint density at radius 3 is 1.12 bits per heavy atom. The number of phenolic OH excluding ortho intramolecular Hbond substituents is 5. The van der Waals surface area contributed by atoms with Crippen LogP contribution in [0, 0.1) is 0 Å². The largest absolute Gasteiger partial charge is 0.508 e. The van der Waals surface area contributed by atoms with Gasteiger partial charge in [0, 0.05) is 42.0 Å². The van der Waals surface area contributed by atoms with Crippen LogP contribution in [0.2, 0.25) is 0 Å². The topological polar surface area (TPSA) is 101 Å². The second-order valence-corrected chi connectivity index (χ2v) is 17.5. The van der Waals surface area contributed by atoms with Crippen LogP contribution < -0.4 is 0 Å². The molecular weight excluding hydrogens is 1220 g/mol. The van der Waals surface area contributed by atoms with E-state index in [0.29, 0.717) is 35.3 Å². The number of alkyl halides is 3. The van der Waals surface area contributed by atoms with E-state index in [0.717, 1.165) is 40.4 Å². The van der Waals surface area contributed by atoms with Crippen LogP contribution in [-0.2, 0) is 0 Å². The highest BCUT2D eigenvalue weighted by Gasteiger charge is 1.99. The third kappa shape index (κ3) is 31.6. The van der Waals surface area contributed by atoms with Crippen LogP contribution in [-0.4, -0.2) is 41.5 Å². The molecule has 0 aliphatic carbocycles. The number of rotatable bonds is 14. The lowest BCUT2D eigenvalue weighted by Gasteiger charge is -2.00. The van der Waals surface area contributed by atoms with Crippen molar-refractivity contribution in [3.63, 3.8) is 0 Å². The van der Waals surface area contributed by atoms with E-state index in [-0.39, 0.29) is 83.1 Å². The maximum absolute atomic E-state index is 9.52. The number of unbranched alkanes of at least 4 members (excludes halogenated alkanes) is 1. The molecule has 0 heterocycles. The molecule has 0 bridgehead atoms. The van der Waals surface area contributed by atoms with Gasteiger partial charge in [0.05, 0.1) is 28.8 Å². The molecule has 0 spiro atoms. The molecule has 0 atom stereocenters. The minimum absolute atomic E-state index is 0.0126. The number of aromatic hydroxyl groups is 5. The summed E-state index contributed by atoms with van der Waals surface area (Å²) in [6, 6.07) is 33.1. The van der Waals surface area contributed by atoms with Crippen LogP contribution in [0.1, 0.15) is 133 Å². The zero-order valence-electron chi connectivity index (χ0n) is 84.2. The summed E-state index contributed by atoms with van der Waals surface area (Å²) < 4.78 is 295. The predicted octanol–water partition coefficient (Wildman–Crippen LogP) is 23.0. The van der Waals surface area contributed by atoms with E-state index >= 15 is 0 Å². The molecule has 0 aliphatic rings. The first-order chi connectivity index (χ1) is 56.4. The molecule has 0 radical (unpaired) electrons. The SMILES string of the molecule is [2H]C([2H])([2H])C([2H])([2H])C([2H])([2H])C([2H])([2H])C([2H])([2H])Br.[2H]C([2H])([2H])C([2H])([2H])CCCBr.[2H]C([2H])([2H])CCCCBr.[2H]c1c([2H])c(-c2ccccc2)c([2H])c([2H])c1O.[2H]c1c([2H])c([2H])c(-c2c([2H])c([2H])c(O)c([2H])c2[2H])c([2H])c1[2H].[2H]c1c([2H])c([2H])c(-c2ccc(O)cc2)c([2H])c1[2H].[2H]c1cc(-c2ccccc2)cc([2H])c1O.[2H]c1ccccc1-c1ccc(O)cc1. The van der Waals surface area contributed by atoms with Gasteiger partial charge in [0.25, 0.3) is 0 Å². The zero-order valence-corrected chi connectivity index (χ0v) is 48.9. The Morgan fingerprint density at radius 1 is 0.301 bits per heavy atom. The molecular formula is C75H83Br3O5. The molecule has 0 amide bonds. The fourth-order valence-electron chi connectivity index (χ4n) is 5.70. The molecule has 10 aromatic carbocycles. The van der Waals surface area contributed by atoms with Gasteiger partial charge in [0.1, 0.15) is 28.7 Å². The van der Waals surface area contributed by atoms with Crippen LogP contribution in [0.25, 0.3) is 55.6 Å². The molecule has 83 heavy (non-hydrogen) atoms. The first-order valence-electron chi connectivity index (χ1n) is 44.5. The number of hydrogen-bond donors (Lipinski definition) is 5. The summed E-state index contributed by atoms with van der Waals surface area (Å²) in [7, 11) is 0. The lowest BCUT2D eigenvalue weighted by molar-refractivity contribution is 0.475. The summed E-state index contributed by atoms with van der Waals surface area (Å²) in [5, 5.41) is 45.2. The van der Waals surface area contributed by atoms with E-state index in [1.807, 2.05) is 60.7 Å². The van der Waals surface area contributed by atoms with Gasteiger partial charge in [-0.05, 0) is 135 Å². The van der Waals surface area contributed by atoms with Gasteiger partial charge in [0.15, 0.2) is 0 Å². The van der Waals surface area contributed by atoms with Crippen LogP contribution in [0.15, 0.2) is 272 Å². The Kier molecular flexibility index (Phi) is 16.6. The van der Waals surface area contributed by atoms with Crippen molar-refractivity contribution < 1.29 is 80.4 Å². The Labute approximate surface area is 577 Å². The van der Waals surface area contributed by atoms with Crippen LogP contribution in [0.4, 0.5) is 0 Å². The number of hydrogen-bond acceptors (Lipinski definition) is 5. The maximum Gasteiger partial charge on any atom is 0.115 e. The zero-order chi connectivity index (χ0) is 94.7. The smallest absolute Gasteiger partial charge is 0.115 e. The van der Waals surface area contributed by atoms with Crippen molar-refractivity contribution in [1.82, 2.24) is 0 Å². The van der Waals surface area contributed by atoms with Crippen molar-refractivity contribution in [1.29, 1.82) is 0 Å². The number of phenols is 5. The molecule has 5 nitrogen and oxygen atoms in total. The second kappa shape index (κ2) is 45.2. The Balaban J connectivity index is 0.000000367. The standard InChI is InChI=1S/5C12H10O.3C5H11Br/c5*13-12-8-6-11(7-9-12)10-4-2-1-3-5-10;3*1-2-3-4-5-6/h5*1-9,13H;3*2-5H2,1H3/i1D,2D,3D,4D,5D,6D,7D,8D,9D;1D,2D,3D,4D,5D;6D,7D,8D,9D;8D,9D;4D;1D3,2D2,3D2,4D2,5D2;1D3,2D2;1D3. The van der Waals surface area contributed by atoms with E-state index in [1.165, 1.54) is 24.3 Å². The lowest BCUT2D eigenvalue weighted by Crippen LogP contribution is -1.74.